The first kappa shape index (κ1) is 9.87. The van der Waals surface area contributed by atoms with Crippen molar-refractivity contribution in [1.82, 2.24) is 0 Å². The second-order valence-electron chi connectivity index (χ2n) is 0.776. The topological polar surface area (TPSA) is 26.3 Å². The van der Waals surface area contributed by atoms with Crippen LogP contribution in [0.25, 0.3) is 0 Å². The first-order valence-corrected chi connectivity index (χ1v) is 1.55. The molecule has 7 heavy (non-hydrogen) atoms. The van der Waals surface area contributed by atoms with E-state index in [9.17, 15) is 4.79 Å². The number of hydrogen-bond acceptors (Lipinski definition) is 2. The average molecular weight is 145 g/mol. The first-order chi connectivity index (χ1) is 2.77. The molecule has 0 rings (SSSR count). The summed E-state index contributed by atoms with van der Waals surface area (Å²) in [5.74, 6) is -0.329. The minimum absolute atomic E-state index is 0. The van der Waals surface area contributed by atoms with Crippen LogP contribution >= 0.6 is 0 Å². The van der Waals surface area contributed by atoms with Crippen molar-refractivity contribution in [3.8, 4) is 0 Å². The van der Waals surface area contributed by atoms with Crippen molar-refractivity contribution in [2.24, 2.45) is 0 Å². The summed E-state index contributed by atoms with van der Waals surface area (Å²) in [5.41, 5.74) is 0. The molecule has 0 aliphatic carbocycles. The molecule has 0 aromatic rings. The van der Waals surface area contributed by atoms with Crippen molar-refractivity contribution in [3.05, 3.63) is 12.8 Å². The molecule has 41 valence electrons. The van der Waals surface area contributed by atoms with Crippen LogP contribution < -0.4 is 0 Å². The van der Waals surface area contributed by atoms with E-state index in [2.05, 4.69) is 11.3 Å². The van der Waals surface area contributed by atoms with Gasteiger partial charge in [-0.05, 0) is 0 Å². The number of ether oxygens (including phenoxy) is 1. The Bertz CT molecular complexity index is 70.1. The zero-order valence-corrected chi connectivity index (χ0v) is 4.98. The Balaban J connectivity index is 0. The fraction of sp³-hybridized carbons (Fsp3) is 0.250. The van der Waals surface area contributed by atoms with Gasteiger partial charge in [0.05, 0.1) is 6.26 Å². The van der Waals surface area contributed by atoms with E-state index >= 15 is 0 Å². The van der Waals surface area contributed by atoms with Gasteiger partial charge in [-0.25, -0.2) is 0 Å². The third-order valence-corrected chi connectivity index (χ3v) is 0.249. The molecule has 0 bridgehead atoms. The smallest absolute Gasteiger partial charge is 0.435 e. The maximum Gasteiger partial charge on any atom is 2.00 e. The van der Waals surface area contributed by atoms with Gasteiger partial charge < -0.3 is 4.74 Å². The number of carbonyl (C=O) groups excluding carboxylic acids is 1. The van der Waals surface area contributed by atoms with Gasteiger partial charge in [-0.2, -0.15) is 0 Å². The molecule has 0 aliphatic heterocycles. The van der Waals surface area contributed by atoms with Crippen molar-refractivity contribution >= 4 is 5.97 Å². The van der Waals surface area contributed by atoms with Crippen LogP contribution in [0.4, 0.5) is 0 Å². The minimum Gasteiger partial charge on any atom is -0.435 e. The van der Waals surface area contributed by atoms with Gasteiger partial charge in [0.2, 0.25) is 0 Å². The van der Waals surface area contributed by atoms with E-state index in [0.717, 1.165) is 6.26 Å². The predicted octanol–water partition coefficient (Wildman–Crippen LogP) is 0.690. The van der Waals surface area contributed by atoms with Crippen LogP contribution in [0.1, 0.15) is 6.92 Å². The van der Waals surface area contributed by atoms with Gasteiger partial charge >= 0.3 is 22.7 Å². The molecule has 0 fully saturated rings. The van der Waals surface area contributed by atoms with Crippen molar-refractivity contribution in [2.45, 2.75) is 6.92 Å². The van der Waals surface area contributed by atoms with Crippen LogP contribution in [0.15, 0.2) is 12.8 Å². The Kier molecular flexibility index (Phi) is 8.06. The standard InChI is InChI=1S/C4H6O2.Co/c1-3-6-4(2)5;/h3H,1H2,2H3;/q;+2. The second kappa shape index (κ2) is 5.72. The van der Waals surface area contributed by atoms with Gasteiger partial charge in [-0.3, -0.25) is 4.79 Å². The second-order valence-corrected chi connectivity index (χ2v) is 0.776. The van der Waals surface area contributed by atoms with Gasteiger partial charge in [0.15, 0.2) is 0 Å². The van der Waals surface area contributed by atoms with Crippen molar-refractivity contribution in [1.29, 1.82) is 0 Å². The largest absolute Gasteiger partial charge is 2.00 e. The number of esters is 1. The number of rotatable bonds is 1. The van der Waals surface area contributed by atoms with Gasteiger partial charge in [0.25, 0.3) is 0 Å². The summed E-state index contributed by atoms with van der Waals surface area (Å²) >= 11 is 0. The Hall–Kier alpha value is -0.284. The molecule has 0 atom stereocenters. The SMILES string of the molecule is C=COC(C)=O.[Co+2]. The van der Waals surface area contributed by atoms with E-state index in [-0.39, 0.29) is 22.7 Å². The molecule has 3 heteroatoms. The van der Waals surface area contributed by atoms with E-state index in [0.29, 0.717) is 0 Å². The summed E-state index contributed by atoms with van der Waals surface area (Å²) in [6.07, 6.45) is 1.10. The molecular formula is C4H6CoO2+2. The van der Waals surface area contributed by atoms with Crippen molar-refractivity contribution in [2.75, 3.05) is 0 Å². The minimum atomic E-state index is -0.329. The first-order valence-electron chi connectivity index (χ1n) is 1.55. The summed E-state index contributed by atoms with van der Waals surface area (Å²) in [4.78, 5) is 9.75. The van der Waals surface area contributed by atoms with Gasteiger partial charge in [-0.15, -0.1) is 0 Å². The summed E-state index contributed by atoms with van der Waals surface area (Å²) in [7, 11) is 0. The summed E-state index contributed by atoms with van der Waals surface area (Å²) in [5, 5.41) is 0. The molecule has 0 unspecified atom stereocenters. The molecule has 0 saturated carbocycles. The average Bonchev–Trinajstić information content (AvgIpc) is 1.35. The van der Waals surface area contributed by atoms with E-state index in [1.54, 1.807) is 0 Å². The van der Waals surface area contributed by atoms with Gasteiger partial charge in [0, 0.05) is 6.92 Å². The molecule has 0 aromatic carbocycles. The molecule has 0 aromatic heterocycles. The van der Waals surface area contributed by atoms with Gasteiger partial charge in [-0.1, -0.05) is 6.58 Å². The molecule has 0 spiro atoms. The fourth-order valence-corrected chi connectivity index (χ4v) is 0.117. The van der Waals surface area contributed by atoms with Crippen molar-refractivity contribution < 1.29 is 26.3 Å². The molecule has 0 heterocycles. The van der Waals surface area contributed by atoms with Crippen LogP contribution in [-0.2, 0) is 26.3 Å². The quantitative estimate of drug-likeness (QED) is 0.400. The van der Waals surface area contributed by atoms with Crippen LogP contribution in [-0.4, -0.2) is 5.97 Å². The molecular weight excluding hydrogens is 139 g/mol. The van der Waals surface area contributed by atoms with Crippen LogP contribution in [0.5, 0.6) is 0 Å². The third kappa shape index (κ3) is 10.7. The third-order valence-electron chi connectivity index (χ3n) is 0.249. The number of carbonyl (C=O) groups is 1. The van der Waals surface area contributed by atoms with Gasteiger partial charge in [0.1, 0.15) is 0 Å². The van der Waals surface area contributed by atoms with E-state index in [1.165, 1.54) is 6.92 Å². The van der Waals surface area contributed by atoms with Crippen LogP contribution in [0.3, 0.4) is 0 Å². The molecule has 0 aliphatic rings. The van der Waals surface area contributed by atoms with Crippen LogP contribution in [0.2, 0.25) is 0 Å². The number of hydrogen-bond donors (Lipinski definition) is 0. The maximum absolute atomic E-state index is 9.75. The zero-order chi connectivity index (χ0) is 4.99. The molecule has 0 saturated heterocycles. The Morgan fingerprint density at radius 3 is 2.29 bits per heavy atom. The van der Waals surface area contributed by atoms with Crippen LogP contribution in [0, 0.1) is 0 Å². The summed E-state index contributed by atoms with van der Waals surface area (Å²) in [6.45, 7) is 4.48. The Labute approximate surface area is 52.7 Å². The Morgan fingerprint density at radius 1 is 1.86 bits per heavy atom. The monoisotopic (exact) mass is 145 g/mol. The summed E-state index contributed by atoms with van der Waals surface area (Å²) in [6, 6.07) is 0. The van der Waals surface area contributed by atoms with E-state index in [1.807, 2.05) is 0 Å². The van der Waals surface area contributed by atoms with E-state index in [4.69, 9.17) is 0 Å². The normalized spacial score (nSPS) is 5.86. The predicted molar refractivity (Wildman–Crippen MR) is 22.0 cm³/mol. The molecule has 1 radical (unpaired) electrons. The Morgan fingerprint density at radius 2 is 2.29 bits per heavy atom. The molecule has 0 N–H and O–H groups in total. The summed E-state index contributed by atoms with van der Waals surface area (Å²) < 4.78 is 4.17. The fourth-order valence-electron chi connectivity index (χ4n) is 0.117. The maximum atomic E-state index is 9.75. The molecule has 0 amide bonds. The molecule has 2 nitrogen and oxygen atoms in total. The zero-order valence-electron chi connectivity index (χ0n) is 3.93. The van der Waals surface area contributed by atoms with Crippen molar-refractivity contribution in [3.63, 3.8) is 0 Å². The van der Waals surface area contributed by atoms with E-state index < -0.39 is 0 Å².